The van der Waals surface area contributed by atoms with Crippen LogP contribution in [-0.2, 0) is 10.0 Å². The molecular weight excluding hydrogens is 286 g/mol. The van der Waals surface area contributed by atoms with E-state index in [4.69, 9.17) is 5.73 Å². The van der Waals surface area contributed by atoms with Gasteiger partial charge >= 0.3 is 0 Å². The minimum Gasteiger partial charge on any atom is -0.327 e. The molecule has 0 bridgehead atoms. The first-order chi connectivity index (χ1) is 9.94. The fourth-order valence-electron chi connectivity index (χ4n) is 2.38. The van der Waals surface area contributed by atoms with E-state index in [0.717, 1.165) is 29.5 Å². The maximum atomic E-state index is 11.4. The SMILES string of the molecule is CS(=O)(=O)Nc1ccccc1-c1ccc([C@@H]2C[C@H]2N)cn1. The van der Waals surface area contributed by atoms with Crippen LogP contribution >= 0.6 is 0 Å². The lowest BCUT2D eigenvalue weighted by Crippen LogP contribution is -2.10. The van der Waals surface area contributed by atoms with Crippen molar-refractivity contribution in [3.05, 3.63) is 48.2 Å². The molecule has 1 aromatic carbocycles. The molecule has 0 radical (unpaired) electrons. The van der Waals surface area contributed by atoms with Gasteiger partial charge in [-0.05, 0) is 24.1 Å². The van der Waals surface area contributed by atoms with Gasteiger partial charge in [0.1, 0.15) is 0 Å². The fourth-order valence-corrected chi connectivity index (χ4v) is 2.95. The fraction of sp³-hybridized carbons (Fsp3) is 0.267. The van der Waals surface area contributed by atoms with Crippen LogP contribution in [0.4, 0.5) is 5.69 Å². The number of anilines is 1. The Hall–Kier alpha value is -1.92. The van der Waals surface area contributed by atoms with Crippen molar-refractivity contribution in [3.63, 3.8) is 0 Å². The van der Waals surface area contributed by atoms with Crippen molar-refractivity contribution in [3.8, 4) is 11.3 Å². The molecular formula is C15H17N3O2S. The van der Waals surface area contributed by atoms with E-state index in [2.05, 4.69) is 9.71 Å². The van der Waals surface area contributed by atoms with Crippen LogP contribution in [0, 0.1) is 0 Å². The summed E-state index contributed by atoms with van der Waals surface area (Å²) in [7, 11) is -3.32. The molecule has 1 aliphatic carbocycles. The maximum Gasteiger partial charge on any atom is 0.229 e. The van der Waals surface area contributed by atoms with Crippen LogP contribution < -0.4 is 10.5 Å². The molecule has 1 saturated carbocycles. The Kier molecular flexibility index (Phi) is 3.43. The number of nitrogens with two attached hydrogens (primary N) is 1. The molecule has 1 aromatic heterocycles. The third-order valence-electron chi connectivity index (χ3n) is 3.55. The quantitative estimate of drug-likeness (QED) is 0.904. The third kappa shape index (κ3) is 3.22. The van der Waals surface area contributed by atoms with Crippen LogP contribution in [0.1, 0.15) is 17.9 Å². The third-order valence-corrected chi connectivity index (χ3v) is 4.14. The number of nitrogens with one attached hydrogen (secondary N) is 1. The molecule has 0 aliphatic heterocycles. The van der Waals surface area contributed by atoms with E-state index < -0.39 is 10.0 Å². The first-order valence-electron chi connectivity index (χ1n) is 6.73. The van der Waals surface area contributed by atoms with Gasteiger partial charge in [0.2, 0.25) is 10.0 Å². The molecule has 1 aliphatic rings. The van der Waals surface area contributed by atoms with Crippen LogP contribution in [0.25, 0.3) is 11.3 Å². The molecule has 21 heavy (non-hydrogen) atoms. The lowest BCUT2D eigenvalue weighted by Gasteiger charge is -2.10. The Morgan fingerprint density at radius 1 is 1.24 bits per heavy atom. The number of pyridine rings is 1. The minimum absolute atomic E-state index is 0.247. The largest absolute Gasteiger partial charge is 0.327 e. The summed E-state index contributed by atoms with van der Waals surface area (Å²) in [5, 5.41) is 0. The van der Waals surface area contributed by atoms with Gasteiger partial charge in [-0.2, -0.15) is 0 Å². The van der Waals surface area contributed by atoms with Crippen molar-refractivity contribution >= 4 is 15.7 Å². The van der Waals surface area contributed by atoms with E-state index in [1.54, 1.807) is 12.1 Å². The number of rotatable bonds is 4. The van der Waals surface area contributed by atoms with Crippen molar-refractivity contribution in [2.75, 3.05) is 11.0 Å². The van der Waals surface area contributed by atoms with Crippen molar-refractivity contribution in [1.29, 1.82) is 0 Å². The normalized spacial score (nSPS) is 21.0. The number of aromatic nitrogens is 1. The molecule has 0 saturated heterocycles. The summed E-state index contributed by atoms with van der Waals surface area (Å²) in [6, 6.07) is 11.4. The van der Waals surface area contributed by atoms with Crippen molar-refractivity contribution < 1.29 is 8.42 Å². The Bertz CT molecular complexity index is 757. The second kappa shape index (κ2) is 5.13. The zero-order valence-electron chi connectivity index (χ0n) is 11.7. The number of benzene rings is 1. The van der Waals surface area contributed by atoms with Crippen molar-refractivity contribution in [1.82, 2.24) is 4.98 Å². The zero-order valence-corrected chi connectivity index (χ0v) is 12.5. The Morgan fingerprint density at radius 3 is 2.52 bits per heavy atom. The molecule has 2 atom stereocenters. The van der Waals surface area contributed by atoms with Gasteiger partial charge < -0.3 is 5.73 Å². The summed E-state index contributed by atoms with van der Waals surface area (Å²) in [5.41, 5.74) is 9.00. The van der Waals surface area contributed by atoms with Gasteiger partial charge in [0.25, 0.3) is 0 Å². The first kappa shape index (κ1) is 14.0. The van der Waals surface area contributed by atoms with Gasteiger partial charge in [0.15, 0.2) is 0 Å². The van der Waals surface area contributed by atoms with E-state index in [1.165, 1.54) is 0 Å². The molecule has 1 heterocycles. The van der Waals surface area contributed by atoms with E-state index in [9.17, 15) is 8.42 Å². The van der Waals surface area contributed by atoms with Crippen LogP contribution in [0.15, 0.2) is 42.6 Å². The van der Waals surface area contributed by atoms with E-state index in [1.807, 2.05) is 30.5 Å². The highest BCUT2D eigenvalue weighted by Gasteiger charge is 2.34. The van der Waals surface area contributed by atoms with Crippen LogP contribution in [0.2, 0.25) is 0 Å². The molecule has 0 unspecified atom stereocenters. The molecule has 110 valence electrons. The molecule has 0 spiro atoms. The number of sulfonamides is 1. The number of nitrogens with zero attached hydrogens (tertiary/aromatic N) is 1. The summed E-state index contributed by atoms with van der Waals surface area (Å²) in [6.07, 6.45) is 3.96. The minimum atomic E-state index is -3.32. The molecule has 1 fully saturated rings. The predicted octanol–water partition coefficient (Wildman–Crippen LogP) is 1.93. The summed E-state index contributed by atoms with van der Waals surface area (Å²) in [4.78, 5) is 4.44. The second-order valence-corrected chi connectivity index (χ2v) is 7.15. The first-order valence-corrected chi connectivity index (χ1v) is 8.62. The Morgan fingerprint density at radius 2 is 1.95 bits per heavy atom. The predicted molar refractivity (Wildman–Crippen MR) is 83.5 cm³/mol. The summed E-state index contributed by atoms with van der Waals surface area (Å²) >= 11 is 0. The van der Waals surface area contributed by atoms with Crippen molar-refractivity contribution in [2.45, 2.75) is 18.4 Å². The van der Waals surface area contributed by atoms with Gasteiger partial charge in [0, 0.05) is 23.7 Å². The Balaban J connectivity index is 1.93. The highest BCUT2D eigenvalue weighted by atomic mass is 32.2. The van der Waals surface area contributed by atoms with E-state index in [-0.39, 0.29) is 6.04 Å². The molecule has 0 amide bonds. The topological polar surface area (TPSA) is 85.1 Å². The lowest BCUT2D eigenvalue weighted by atomic mass is 10.1. The van der Waals surface area contributed by atoms with Crippen LogP contribution in [0.5, 0.6) is 0 Å². The summed E-state index contributed by atoms with van der Waals surface area (Å²) < 4.78 is 25.4. The van der Waals surface area contributed by atoms with Gasteiger partial charge in [-0.1, -0.05) is 24.3 Å². The highest BCUT2D eigenvalue weighted by Crippen LogP contribution is 2.39. The Labute approximate surface area is 124 Å². The van der Waals surface area contributed by atoms with E-state index in [0.29, 0.717) is 11.6 Å². The summed E-state index contributed by atoms with van der Waals surface area (Å²) in [6.45, 7) is 0. The molecule has 5 nitrogen and oxygen atoms in total. The van der Waals surface area contributed by atoms with Crippen LogP contribution in [0.3, 0.4) is 0 Å². The smallest absolute Gasteiger partial charge is 0.229 e. The standard InChI is InChI=1S/C15H17N3O2S/c1-21(19,20)18-15-5-3-2-4-11(15)14-7-6-10(9-17-14)12-8-13(12)16/h2-7,9,12-13,18H,8,16H2,1H3/t12-,13+/m0/s1. The average molecular weight is 303 g/mol. The monoisotopic (exact) mass is 303 g/mol. The van der Waals surface area contributed by atoms with Crippen molar-refractivity contribution in [2.24, 2.45) is 5.73 Å². The number of hydrogen-bond donors (Lipinski definition) is 2. The highest BCUT2D eigenvalue weighted by molar-refractivity contribution is 7.92. The van der Waals surface area contributed by atoms with Gasteiger partial charge in [0.05, 0.1) is 17.6 Å². The molecule has 2 aromatic rings. The summed E-state index contributed by atoms with van der Waals surface area (Å²) in [5.74, 6) is 0.413. The molecule has 6 heteroatoms. The van der Waals surface area contributed by atoms with Crippen LogP contribution in [-0.4, -0.2) is 25.7 Å². The second-order valence-electron chi connectivity index (χ2n) is 5.40. The molecule has 3 N–H and O–H groups in total. The molecule has 3 rings (SSSR count). The van der Waals surface area contributed by atoms with Gasteiger partial charge in [-0.15, -0.1) is 0 Å². The lowest BCUT2D eigenvalue weighted by molar-refractivity contribution is 0.607. The zero-order chi connectivity index (χ0) is 15.0. The number of para-hydroxylation sites is 1. The maximum absolute atomic E-state index is 11.4. The average Bonchev–Trinajstić information content (AvgIpc) is 3.15. The van der Waals surface area contributed by atoms with Gasteiger partial charge in [-0.25, -0.2) is 8.42 Å². The number of hydrogen-bond acceptors (Lipinski definition) is 4. The van der Waals surface area contributed by atoms with Gasteiger partial charge in [-0.3, -0.25) is 9.71 Å². The van der Waals surface area contributed by atoms with E-state index >= 15 is 0 Å².